The Bertz CT molecular complexity index is 1900. The number of carbonyl (C=O) groups excluding carboxylic acids is 9. The van der Waals surface area contributed by atoms with Crippen molar-refractivity contribution in [3.63, 3.8) is 0 Å². The summed E-state index contributed by atoms with van der Waals surface area (Å²) >= 11 is 0. The standard InChI is InChI=1S/C39H62N10O19/c1-16(51)28(45-32(60)20(9-10-25(41)54)42-31(59)19(40)8-11-26(55)56)36(64)43-21(14-27(57)58)33(61)44-22(15-50)34(62)46-29(17(2)52)38(66)49-13-5-7-24(49)37(65)48-12-4-6-23(48)35(63)47-30(18(3)53)39(67)68/h16-24,28-30,50-53H,4-15,40H2,1-3H3,(H2,41,54)(H,42,59)(H,43,64)(H,44,61)(H,45,60)(H,46,62)(H,47,63)(H,55,56)(H,57,58)(H,67,68)/t16-,17-,18-,19+,20+,21+,22+,23+,24+,28+,29+,30+/m1/s1. The minimum atomic E-state index is -2.10. The van der Waals surface area contributed by atoms with Crippen molar-refractivity contribution in [1.82, 2.24) is 41.7 Å². The number of aliphatic carboxylic acids is 3. The van der Waals surface area contributed by atoms with Gasteiger partial charge in [-0.3, -0.25) is 52.7 Å². The van der Waals surface area contributed by atoms with E-state index >= 15 is 0 Å². The third kappa shape index (κ3) is 16.9. The van der Waals surface area contributed by atoms with E-state index in [1.165, 1.54) is 0 Å². The van der Waals surface area contributed by atoms with Crippen LogP contribution in [-0.2, 0) is 57.5 Å². The first kappa shape index (κ1) is 57.6. The van der Waals surface area contributed by atoms with E-state index in [1.54, 1.807) is 0 Å². The average Bonchev–Trinajstić information content (AvgIpc) is 3.96. The van der Waals surface area contributed by atoms with Gasteiger partial charge >= 0.3 is 17.9 Å². The SMILES string of the molecule is C[C@@H](O)[C@H](NC(=O)[C@@H]1CCCN1C(=O)[C@@H]1CCCN1C(=O)[C@@H](NC(=O)[C@H](CO)NC(=O)[C@H](CC(=O)O)NC(=O)[C@@H](NC(=O)[C@H](CCC(N)=O)NC(=O)[C@@H](N)CCC(=O)O)[C@@H](C)O)[C@@H](C)O)C(=O)O. The van der Waals surface area contributed by atoms with Crippen molar-refractivity contribution in [3.05, 3.63) is 0 Å². The van der Waals surface area contributed by atoms with Crippen LogP contribution in [0, 0.1) is 0 Å². The van der Waals surface area contributed by atoms with Gasteiger partial charge in [-0.05, 0) is 59.3 Å². The number of carboxylic acids is 3. The lowest BCUT2D eigenvalue weighted by Gasteiger charge is -2.34. The van der Waals surface area contributed by atoms with Crippen LogP contribution in [0.3, 0.4) is 0 Å². The Labute approximate surface area is 388 Å². The normalized spacial score (nSPS) is 20.1. The van der Waals surface area contributed by atoms with Gasteiger partial charge in [-0.15, -0.1) is 0 Å². The second kappa shape index (κ2) is 26.7. The van der Waals surface area contributed by atoms with E-state index in [4.69, 9.17) is 16.6 Å². The van der Waals surface area contributed by atoms with E-state index in [9.17, 15) is 88.2 Å². The number of carbonyl (C=O) groups is 12. The number of carboxylic acid groups (broad SMARTS) is 3. The van der Waals surface area contributed by atoms with Crippen LogP contribution in [0.2, 0.25) is 0 Å². The van der Waals surface area contributed by atoms with Gasteiger partial charge in [-0.1, -0.05) is 0 Å². The fourth-order valence-electron chi connectivity index (χ4n) is 7.26. The molecular formula is C39H62N10O19. The van der Waals surface area contributed by atoms with Crippen LogP contribution in [0.1, 0.15) is 78.6 Å². The highest BCUT2D eigenvalue weighted by molar-refractivity contribution is 5.99. The van der Waals surface area contributed by atoms with Gasteiger partial charge in [0.2, 0.25) is 53.2 Å². The maximum Gasteiger partial charge on any atom is 0.328 e. The van der Waals surface area contributed by atoms with Crippen molar-refractivity contribution in [1.29, 1.82) is 0 Å². The van der Waals surface area contributed by atoms with Crippen molar-refractivity contribution in [3.8, 4) is 0 Å². The summed E-state index contributed by atoms with van der Waals surface area (Å²) in [5.74, 6) is -14.3. The molecule has 2 heterocycles. The molecule has 29 heteroatoms. The van der Waals surface area contributed by atoms with E-state index < -0.39 is 176 Å². The number of hydrogen-bond acceptors (Lipinski definition) is 17. The lowest BCUT2D eigenvalue weighted by molar-refractivity contribution is -0.150. The highest BCUT2D eigenvalue weighted by Crippen LogP contribution is 2.26. The van der Waals surface area contributed by atoms with Gasteiger partial charge in [0.25, 0.3) is 0 Å². The number of aliphatic hydroxyl groups is 4. The molecule has 382 valence electrons. The summed E-state index contributed by atoms with van der Waals surface area (Å²) < 4.78 is 0. The van der Waals surface area contributed by atoms with Crippen LogP contribution < -0.4 is 43.4 Å². The molecule has 0 bridgehead atoms. The molecule has 0 spiro atoms. The van der Waals surface area contributed by atoms with Crippen molar-refractivity contribution < 1.29 is 93.3 Å². The molecule has 0 aromatic carbocycles. The van der Waals surface area contributed by atoms with Crippen LogP contribution in [0.5, 0.6) is 0 Å². The molecule has 12 atom stereocenters. The molecule has 2 aliphatic heterocycles. The largest absolute Gasteiger partial charge is 0.481 e. The maximum atomic E-state index is 13.9. The van der Waals surface area contributed by atoms with Crippen LogP contribution >= 0.6 is 0 Å². The van der Waals surface area contributed by atoms with Crippen molar-refractivity contribution in [2.75, 3.05) is 19.7 Å². The van der Waals surface area contributed by atoms with Crippen molar-refractivity contribution in [2.24, 2.45) is 11.5 Å². The maximum absolute atomic E-state index is 13.9. The molecule has 2 aliphatic rings. The van der Waals surface area contributed by atoms with Crippen LogP contribution in [0.15, 0.2) is 0 Å². The number of amides is 9. The van der Waals surface area contributed by atoms with Crippen LogP contribution in [0.25, 0.3) is 0 Å². The fourth-order valence-corrected chi connectivity index (χ4v) is 7.26. The van der Waals surface area contributed by atoms with Crippen molar-refractivity contribution >= 4 is 71.1 Å². The molecule has 68 heavy (non-hydrogen) atoms. The summed E-state index contributed by atoms with van der Waals surface area (Å²) in [6, 6.07) is -15.0. The first-order valence-electron chi connectivity index (χ1n) is 21.5. The number of aliphatic hydroxyl groups excluding tert-OH is 4. The lowest BCUT2D eigenvalue weighted by Crippen LogP contribution is -2.63. The number of likely N-dealkylation sites (tertiary alicyclic amines) is 2. The van der Waals surface area contributed by atoms with Crippen LogP contribution in [-0.4, -0.2) is 209 Å². The smallest absolute Gasteiger partial charge is 0.328 e. The number of nitrogens with one attached hydrogen (secondary N) is 6. The molecule has 17 N–H and O–H groups in total. The highest BCUT2D eigenvalue weighted by Gasteiger charge is 2.45. The molecule has 0 unspecified atom stereocenters. The van der Waals surface area contributed by atoms with E-state index in [1.807, 2.05) is 10.6 Å². The number of primary amides is 1. The summed E-state index contributed by atoms with van der Waals surface area (Å²) in [6.45, 7) is 2.05. The fraction of sp³-hybridized carbons (Fsp3) is 0.692. The monoisotopic (exact) mass is 974 g/mol. The van der Waals surface area contributed by atoms with Gasteiger partial charge < -0.3 is 88.9 Å². The molecule has 0 radical (unpaired) electrons. The van der Waals surface area contributed by atoms with Crippen LogP contribution in [0.4, 0.5) is 0 Å². The molecule has 9 amide bonds. The van der Waals surface area contributed by atoms with Gasteiger partial charge in [-0.25, -0.2) is 4.79 Å². The third-order valence-electron chi connectivity index (χ3n) is 11.0. The highest BCUT2D eigenvalue weighted by atomic mass is 16.4. The predicted molar refractivity (Wildman–Crippen MR) is 226 cm³/mol. The Hall–Kier alpha value is -6.56. The second-order valence-electron chi connectivity index (χ2n) is 16.4. The lowest BCUT2D eigenvalue weighted by atomic mass is 10.1. The Kier molecular flexibility index (Phi) is 22.6. The topological polar surface area (TPSA) is 477 Å². The predicted octanol–water partition coefficient (Wildman–Crippen LogP) is -7.97. The Morgan fingerprint density at radius 2 is 1.07 bits per heavy atom. The van der Waals surface area contributed by atoms with E-state index in [-0.39, 0.29) is 38.8 Å². The van der Waals surface area contributed by atoms with E-state index in [0.717, 1.165) is 30.6 Å². The van der Waals surface area contributed by atoms with E-state index in [2.05, 4.69) is 21.3 Å². The number of rotatable bonds is 27. The van der Waals surface area contributed by atoms with E-state index in [0.29, 0.717) is 6.42 Å². The third-order valence-corrected chi connectivity index (χ3v) is 11.0. The zero-order chi connectivity index (χ0) is 51.7. The molecule has 0 aromatic heterocycles. The Balaban J connectivity index is 2.24. The van der Waals surface area contributed by atoms with Crippen molar-refractivity contribution in [2.45, 2.75) is 151 Å². The average molecular weight is 975 g/mol. The number of nitrogens with zero attached hydrogens (tertiary/aromatic N) is 2. The minimum absolute atomic E-state index is 0.0564. The molecule has 0 aliphatic carbocycles. The zero-order valence-corrected chi connectivity index (χ0v) is 37.5. The Morgan fingerprint density at radius 3 is 1.59 bits per heavy atom. The summed E-state index contributed by atoms with van der Waals surface area (Å²) in [6.07, 6.45) is -7.15. The summed E-state index contributed by atoms with van der Waals surface area (Å²) in [4.78, 5) is 155. The van der Waals surface area contributed by atoms with Gasteiger partial charge in [0.1, 0.15) is 42.3 Å². The Morgan fingerprint density at radius 1 is 0.574 bits per heavy atom. The first-order valence-corrected chi connectivity index (χ1v) is 21.5. The zero-order valence-electron chi connectivity index (χ0n) is 37.5. The molecule has 2 fully saturated rings. The summed E-state index contributed by atoms with van der Waals surface area (Å²) in [5, 5.41) is 81.5. The molecule has 2 saturated heterocycles. The second-order valence-corrected chi connectivity index (χ2v) is 16.4. The molecule has 2 rings (SSSR count). The van der Waals surface area contributed by atoms with Gasteiger partial charge in [0, 0.05) is 25.9 Å². The molecular weight excluding hydrogens is 912 g/mol. The summed E-state index contributed by atoms with van der Waals surface area (Å²) in [5.41, 5.74) is 10.9. The van der Waals surface area contributed by atoms with Gasteiger partial charge in [0.05, 0.1) is 37.4 Å². The number of hydrogen-bond donors (Lipinski definition) is 15. The minimum Gasteiger partial charge on any atom is -0.481 e. The molecule has 29 nitrogen and oxygen atoms in total. The molecule has 0 saturated carbocycles. The molecule has 0 aromatic rings. The van der Waals surface area contributed by atoms with Gasteiger partial charge in [-0.2, -0.15) is 0 Å². The summed E-state index contributed by atoms with van der Waals surface area (Å²) in [7, 11) is 0. The number of nitrogens with two attached hydrogens (primary N) is 2. The quantitative estimate of drug-likeness (QED) is 0.0363. The van der Waals surface area contributed by atoms with Gasteiger partial charge in [0.15, 0.2) is 6.04 Å². The first-order chi connectivity index (χ1) is 31.7.